The van der Waals surface area contributed by atoms with E-state index in [0.717, 1.165) is 9.87 Å². The lowest BCUT2D eigenvalue weighted by Gasteiger charge is -2.31. The number of rotatable bonds is 6. The first-order chi connectivity index (χ1) is 17.8. The molecule has 4 aromatic rings. The lowest BCUT2D eigenvalue weighted by Crippen LogP contribution is -2.40. The molecule has 0 bridgehead atoms. The fourth-order valence-electron chi connectivity index (χ4n) is 4.26. The van der Waals surface area contributed by atoms with Gasteiger partial charge in [0.05, 0.1) is 21.8 Å². The molecule has 0 atom stereocenters. The fourth-order valence-corrected chi connectivity index (χ4v) is 6.08. The number of nitrogens with zero attached hydrogens (tertiary/aromatic N) is 1. The molecular formula is C28H22ClN3O4S. The SMILES string of the molecule is O=C(CN1c2ccc(Cl)cc2-c2ccccc2S1(=O)=O)Nc1ccccc1C(=O)NCc1ccccc1. The van der Waals surface area contributed by atoms with Crippen molar-refractivity contribution in [3.05, 3.63) is 113 Å². The predicted octanol–water partition coefficient (Wildman–Crippen LogP) is 5.08. The zero-order valence-corrected chi connectivity index (χ0v) is 21.1. The van der Waals surface area contributed by atoms with Crippen molar-refractivity contribution in [1.82, 2.24) is 5.32 Å². The van der Waals surface area contributed by atoms with Crippen LogP contribution in [0.3, 0.4) is 0 Å². The second-order valence-corrected chi connectivity index (χ2v) is 10.7. The van der Waals surface area contributed by atoms with E-state index in [1.165, 1.54) is 6.07 Å². The first kappa shape index (κ1) is 24.5. The minimum Gasteiger partial charge on any atom is -0.348 e. The van der Waals surface area contributed by atoms with Crippen molar-refractivity contribution in [1.29, 1.82) is 0 Å². The molecule has 0 spiro atoms. The summed E-state index contributed by atoms with van der Waals surface area (Å²) >= 11 is 6.20. The van der Waals surface area contributed by atoms with Crippen LogP contribution in [0, 0.1) is 0 Å². The lowest BCUT2D eigenvalue weighted by molar-refractivity contribution is -0.114. The zero-order valence-electron chi connectivity index (χ0n) is 19.5. The highest BCUT2D eigenvalue weighted by molar-refractivity contribution is 7.93. The average Bonchev–Trinajstić information content (AvgIpc) is 2.91. The van der Waals surface area contributed by atoms with Crippen LogP contribution in [-0.4, -0.2) is 26.8 Å². The molecule has 37 heavy (non-hydrogen) atoms. The number of carbonyl (C=O) groups excluding carboxylic acids is 2. The molecule has 1 heterocycles. The molecule has 1 aliphatic rings. The topological polar surface area (TPSA) is 95.6 Å². The van der Waals surface area contributed by atoms with E-state index in [9.17, 15) is 18.0 Å². The molecule has 186 valence electrons. The molecule has 9 heteroatoms. The summed E-state index contributed by atoms with van der Waals surface area (Å²) in [5.41, 5.74) is 2.98. The summed E-state index contributed by atoms with van der Waals surface area (Å²) in [6.07, 6.45) is 0. The maximum Gasteiger partial charge on any atom is 0.265 e. The van der Waals surface area contributed by atoms with E-state index in [4.69, 9.17) is 11.6 Å². The minimum absolute atomic E-state index is 0.0956. The molecule has 0 aromatic heterocycles. The third-order valence-electron chi connectivity index (χ3n) is 6.00. The molecular weight excluding hydrogens is 510 g/mol. The van der Waals surface area contributed by atoms with Crippen molar-refractivity contribution in [2.75, 3.05) is 16.2 Å². The Kier molecular flexibility index (Phi) is 6.69. The summed E-state index contributed by atoms with van der Waals surface area (Å²) in [5.74, 6) is -0.952. The highest BCUT2D eigenvalue weighted by Gasteiger charge is 2.36. The number of halogens is 1. The third-order valence-corrected chi connectivity index (χ3v) is 8.05. The maximum absolute atomic E-state index is 13.5. The predicted molar refractivity (Wildman–Crippen MR) is 144 cm³/mol. The molecule has 0 aliphatic carbocycles. The first-order valence-corrected chi connectivity index (χ1v) is 13.3. The molecule has 1 aliphatic heterocycles. The first-order valence-electron chi connectivity index (χ1n) is 11.5. The van der Waals surface area contributed by atoms with Crippen molar-refractivity contribution < 1.29 is 18.0 Å². The van der Waals surface area contributed by atoms with Crippen LogP contribution >= 0.6 is 11.6 Å². The van der Waals surface area contributed by atoms with Crippen molar-refractivity contribution in [3.8, 4) is 11.1 Å². The molecule has 7 nitrogen and oxygen atoms in total. The quantitative estimate of drug-likeness (QED) is 0.362. The number of anilines is 2. The number of carbonyl (C=O) groups is 2. The number of fused-ring (bicyclic) bond motifs is 3. The van der Waals surface area contributed by atoms with Crippen LogP contribution in [0.25, 0.3) is 11.1 Å². The van der Waals surface area contributed by atoms with E-state index in [2.05, 4.69) is 10.6 Å². The van der Waals surface area contributed by atoms with Gasteiger partial charge < -0.3 is 10.6 Å². The summed E-state index contributed by atoms with van der Waals surface area (Å²) in [7, 11) is -4.01. The molecule has 0 radical (unpaired) electrons. The number of amides is 2. The van der Waals surface area contributed by atoms with E-state index in [1.807, 2.05) is 30.3 Å². The van der Waals surface area contributed by atoms with Gasteiger partial charge in [-0.1, -0.05) is 72.3 Å². The van der Waals surface area contributed by atoms with Crippen molar-refractivity contribution >= 4 is 44.8 Å². The Bertz CT molecular complexity index is 1610. The van der Waals surface area contributed by atoms with Crippen molar-refractivity contribution in [3.63, 3.8) is 0 Å². The molecule has 4 aromatic carbocycles. The standard InChI is InChI=1S/C28H22ClN3O4S/c29-20-14-15-25-23(16-20)21-10-5-7-13-26(21)37(35,36)32(25)18-27(33)31-24-12-6-4-11-22(24)28(34)30-17-19-8-2-1-3-9-19/h1-16H,17-18H2,(H,30,34)(H,31,33). The lowest BCUT2D eigenvalue weighted by atomic mass is 10.0. The van der Waals surface area contributed by atoms with Crippen molar-refractivity contribution in [2.45, 2.75) is 11.4 Å². The smallest absolute Gasteiger partial charge is 0.265 e. The van der Waals surface area contributed by atoms with Gasteiger partial charge in [0.15, 0.2) is 0 Å². The van der Waals surface area contributed by atoms with Gasteiger partial charge in [0.2, 0.25) is 5.91 Å². The Morgan fingerprint density at radius 1 is 0.811 bits per heavy atom. The zero-order chi connectivity index (χ0) is 26.0. The van der Waals surface area contributed by atoms with Gasteiger partial charge in [-0.3, -0.25) is 13.9 Å². The third kappa shape index (κ3) is 4.94. The van der Waals surface area contributed by atoms with Gasteiger partial charge in [0, 0.05) is 22.7 Å². The van der Waals surface area contributed by atoms with E-state index < -0.39 is 22.5 Å². The Morgan fingerprint density at radius 2 is 1.51 bits per heavy atom. The van der Waals surface area contributed by atoms with Gasteiger partial charge >= 0.3 is 0 Å². The summed E-state index contributed by atoms with van der Waals surface area (Å²) in [5, 5.41) is 6.00. The summed E-state index contributed by atoms with van der Waals surface area (Å²) in [6, 6.07) is 27.5. The Balaban J connectivity index is 1.38. The number of hydrogen-bond donors (Lipinski definition) is 2. The van der Waals surface area contributed by atoms with Gasteiger partial charge in [-0.2, -0.15) is 0 Å². The molecule has 0 fully saturated rings. The second-order valence-electron chi connectivity index (χ2n) is 8.43. The van der Waals surface area contributed by atoms with Crippen LogP contribution in [0.15, 0.2) is 102 Å². The normalized spacial score (nSPS) is 13.3. The van der Waals surface area contributed by atoms with Gasteiger partial charge in [0.25, 0.3) is 15.9 Å². The molecule has 2 N–H and O–H groups in total. The molecule has 0 saturated heterocycles. The van der Waals surface area contributed by atoms with Gasteiger partial charge in [-0.05, 0) is 42.0 Å². The fraction of sp³-hybridized carbons (Fsp3) is 0.0714. The Morgan fingerprint density at radius 3 is 2.32 bits per heavy atom. The van der Waals surface area contributed by atoms with Crippen LogP contribution in [-0.2, 0) is 21.4 Å². The molecule has 2 amide bonds. The van der Waals surface area contributed by atoms with Gasteiger partial charge in [-0.15, -0.1) is 0 Å². The van der Waals surface area contributed by atoms with Crippen molar-refractivity contribution in [2.24, 2.45) is 0 Å². The number of hydrogen-bond acceptors (Lipinski definition) is 4. The van der Waals surface area contributed by atoms with Crippen LogP contribution in [0.5, 0.6) is 0 Å². The highest BCUT2D eigenvalue weighted by atomic mass is 35.5. The number of benzene rings is 4. The Labute approximate surface area is 219 Å². The van der Waals surface area contributed by atoms with Crippen LogP contribution in [0.2, 0.25) is 5.02 Å². The van der Waals surface area contributed by atoms with E-state index in [0.29, 0.717) is 28.4 Å². The van der Waals surface area contributed by atoms with E-state index in [-0.39, 0.29) is 22.1 Å². The van der Waals surface area contributed by atoms with E-state index in [1.54, 1.807) is 60.7 Å². The van der Waals surface area contributed by atoms with Crippen LogP contribution < -0.4 is 14.9 Å². The highest BCUT2D eigenvalue weighted by Crippen LogP contribution is 2.43. The Hall–Kier alpha value is -4.14. The monoisotopic (exact) mass is 531 g/mol. The molecule has 0 unspecified atom stereocenters. The summed E-state index contributed by atoms with van der Waals surface area (Å²) < 4.78 is 28.0. The van der Waals surface area contributed by atoms with Crippen LogP contribution in [0.4, 0.5) is 11.4 Å². The van der Waals surface area contributed by atoms with Crippen LogP contribution in [0.1, 0.15) is 15.9 Å². The maximum atomic E-state index is 13.5. The largest absolute Gasteiger partial charge is 0.348 e. The second kappa shape index (κ2) is 10.1. The average molecular weight is 532 g/mol. The molecule has 0 saturated carbocycles. The number of nitrogens with one attached hydrogen (secondary N) is 2. The summed E-state index contributed by atoms with van der Waals surface area (Å²) in [6.45, 7) is -0.155. The van der Waals surface area contributed by atoms with Gasteiger partial charge in [-0.25, -0.2) is 8.42 Å². The molecule has 5 rings (SSSR count). The summed E-state index contributed by atoms with van der Waals surface area (Å²) in [4.78, 5) is 26.1. The van der Waals surface area contributed by atoms with E-state index >= 15 is 0 Å². The van der Waals surface area contributed by atoms with Gasteiger partial charge in [0.1, 0.15) is 6.54 Å². The minimum atomic E-state index is -4.01. The number of para-hydroxylation sites is 1. The number of sulfonamides is 1.